The molecular weight excluding hydrogens is 489 g/mol. The van der Waals surface area contributed by atoms with Crippen molar-refractivity contribution >= 4 is 28.9 Å². The van der Waals surface area contributed by atoms with Gasteiger partial charge in [0.25, 0.3) is 5.91 Å². The average Bonchev–Trinajstić information content (AvgIpc) is 2.82. The van der Waals surface area contributed by atoms with Gasteiger partial charge in [-0.2, -0.15) is 0 Å². The maximum atomic E-state index is 12.4. The maximum Gasteiger partial charge on any atom is 0.251 e. The van der Waals surface area contributed by atoms with Gasteiger partial charge in [0, 0.05) is 12.1 Å². The van der Waals surface area contributed by atoms with Gasteiger partial charge in [-0.3, -0.25) is 4.79 Å². The summed E-state index contributed by atoms with van der Waals surface area (Å²) in [6, 6.07) is 13.6. The van der Waals surface area contributed by atoms with Crippen LogP contribution in [0.1, 0.15) is 75.9 Å². The minimum Gasteiger partial charge on any atom is -0.493 e. The van der Waals surface area contributed by atoms with Crippen molar-refractivity contribution in [3.8, 4) is 11.5 Å². The number of nitrogens with one attached hydrogen (secondary N) is 1. The molecule has 0 fully saturated rings. The molecule has 0 aliphatic rings. The highest BCUT2D eigenvalue weighted by Gasteiger charge is 2.10. The van der Waals surface area contributed by atoms with Crippen molar-refractivity contribution in [2.24, 2.45) is 0 Å². The third kappa shape index (κ3) is 10.3. The van der Waals surface area contributed by atoms with E-state index in [2.05, 4.69) is 19.2 Å². The Bertz CT molecular complexity index is 702. The molecule has 2 aromatic rings. The zero-order chi connectivity index (χ0) is 22.8. The number of carbonyl (C=O) groups excluding carboxylic acids is 1. The predicted octanol–water partition coefficient (Wildman–Crippen LogP) is 7.18. The van der Waals surface area contributed by atoms with Gasteiger partial charge in [0.1, 0.15) is 11.5 Å². The second-order valence-corrected chi connectivity index (χ2v) is 6.55. The number of carbonyl (C=O) groups is 1. The first-order valence-electron chi connectivity index (χ1n) is 11.1. The van der Waals surface area contributed by atoms with Crippen molar-refractivity contribution in [1.29, 1.82) is 0 Å². The lowest BCUT2D eigenvalue weighted by Gasteiger charge is -2.12. The Labute approximate surface area is 197 Å². The summed E-state index contributed by atoms with van der Waals surface area (Å²) in [7, 11) is 0. The summed E-state index contributed by atoms with van der Waals surface area (Å²) in [5.74, 6) is 1.58. The Morgan fingerprint density at radius 3 is 2.23 bits per heavy atom. The summed E-state index contributed by atoms with van der Waals surface area (Å²) in [5, 5.41) is 2.98. The van der Waals surface area contributed by atoms with Crippen LogP contribution < -0.4 is 13.1 Å². The second kappa shape index (κ2) is 18.0. The Morgan fingerprint density at radius 1 is 1.00 bits per heavy atom. The maximum absolute atomic E-state index is 12.4. The summed E-state index contributed by atoms with van der Waals surface area (Å²) in [5.41, 5.74) is 2.94. The number of amides is 1. The molecule has 1 amide bonds. The number of hydrogen-bond acceptors (Lipinski definition) is 3. The molecular formula is C25H38INO3. The van der Waals surface area contributed by atoms with Gasteiger partial charge in [0.15, 0.2) is 23.0 Å². The SMILES string of the molecule is CC.CC.CCCCOc1cc(C(=O)NCCc2ccc(OI)cc2)ccc1CC. The highest BCUT2D eigenvalue weighted by atomic mass is 127. The van der Waals surface area contributed by atoms with E-state index in [1.807, 2.05) is 93.2 Å². The average molecular weight is 527 g/mol. The van der Waals surface area contributed by atoms with Crippen molar-refractivity contribution in [2.45, 2.75) is 67.2 Å². The van der Waals surface area contributed by atoms with E-state index in [1.54, 1.807) is 0 Å². The molecule has 168 valence electrons. The Hall–Kier alpha value is -1.76. The largest absolute Gasteiger partial charge is 0.493 e. The highest BCUT2D eigenvalue weighted by molar-refractivity contribution is 14.1. The Kier molecular flexibility index (Phi) is 17.0. The van der Waals surface area contributed by atoms with Crippen LogP contribution in [-0.4, -0.2) is 19.1 Å². The molecule has 0 heterocycles. The highest BCUT2D eigenvalue weighted by Crippen LogP contribution is 2.22. The topological polar surface area (TPSA) is 47.6 Å². The molecule has 0 aliphatic carbocycles. The van der Waals surface area contributed by atoms with Gasteiger partial charge in [-0.1, -0.05) is 66.2 Å². The number of halogens is 1. The van der Waals surface area contributed by atoms with E-state index in [4.69, 9.17) is 7.80 Å². The van der Waals surface area contributed by atoms with E-state index >= 15 is 0 Å². The molecule has 0 aliphatic heterocycles. The lowest BCUT2D eigenvalue weighted by molar-refractivity contribution is 0.0953. The van der Waals surface area contributed by atoms with Gasteiger partial charge < -0.3 is 13.1 Å². The van der Waals surface area contributed by atoms with Crippen LogP contribution in [0.25, 0.3) is 0 Å². The van der Waals surface area contributed by atoms with Crippen LogP contribution in [-0.2, 0) is 12.8 Å². The fraction of sp³-hybridized carbons (Fsp3) is 0.480. The lowest BCUT2D eigenvalue weighted by atomic mass is 10.1. The Balaban J connectivity index is 0.00000198. The molecule has 0 bridgehead atoms. The quantitative estimate of drug-likeness (QED) is 0.263. The molecule has 0 saturated heterocycles. The van der Waals surface area contributed by atoms with Gasteiger partial charge in [-0.25, -0.2) is 0 Å². The van der Waals surface area contributed by atoms with Crippen molar-refractivity contribution < 1.29 is 12.6 Å². The summed E-state index contributed by atoms with van der Waals surface area (Å²) in [6.45, 7) is 13.5. The number of aryl methyl sites for hydroxylation is 1. The number of hydrogen-bond donors (Lipinski definition) is 1. The predicted molar refractivity (Wildman–Crippen MR) is 136 cm³/mol. The number of ether oxygens (including phenoxy) is 1. The first kappa shape index (κ1) is 28.2. The molecule has 2 rings (SSSR count). The van der Waals surface area contributed by atoms with E-state index in [9.17, 15) is 4.79 Å². The smallest absolute Gasteiger partial charge is 0.251 e. The minimum atomic E-state index is -0.0692. The van der Waals surface area contributed by atoms with Crippen LogP contribution in [0.4, 0.5) is 0 Å². The summed E-state index contributed by atoms with van der Waals surface area (Å²) < 4.78 is 11.0. The molecule has 5 heteroatoms. The second-order valence-electron chi connectivity index (χ2n) is 6.11. The summed E-state index contributed by atoms with van der Waals surface area (Å²) in [6.07, 6.45) is 3.77. The van der Waals surface area contributed by atoms with Crippen LogP contribution in [0, 0.1) is 0 Å². The third-order valence-corrected chi connectivity index (χ3v) is 4.69. The fourth-order valence-corrected chi connectivity index (χ4v) is 2.87. The molecule has 30 heavy (non-hydrogen) atoms. The van der Waals surface area contributed by atoms with Crippen LogP contribution in [0.15, 0.2) is 42.5 Å². The van der Waals surface area contributed by atoms with Crippen molar-refractivity contribution in [3.05, 3.63) is 59.2 Å². The van der Waals surface area contributed by atoms with Gasteiger partial charge in [-0.15, -0.1) is 0 Å². The zero-order valence-corrected chi connectivity index (χ0v) is 21.5. The van der Waals surface area contributed by atoms with Gasteiger partial charge >= 0.3 is 0 Å². The Morgan fingerprint density at radius 2 is 1.67 bits per heavy atom. The molecule has 0 saturated carbocycles. The lowest BCUT2D eigenvalue weighted by Crippen LogP contribution is -2.25. The molecule has 0 aromatic heterocycles. The number of benzene rings is 2. The third-order valence-electron chi connectivity index (χ3n) is 4.18. The molecule has 1 N–H and O–H groups in total. The van der Waals surface area contributed by atoms with Crippen molar-refractivity contribution in [3.63, 3.8) is 0 Å². The van der Waals surface area contributed by atoms with Crippen molar-refractivity contribution in [1.82, 2.24) is 5.32 Å². The van der Waals surface area contributed by atoms with E-state index in [0.29, 0.717) is 18.7 Å². The van der Waals surface area contributed by atoms with Crippen molar-refractivity contribution in [2.75, 3.05) is 13.2 Å². The summed E-state index contributed by atoms with van der Waals surface area (Å²) in [4.78, 5) is 12.4. The van der Waals surface area contributed by atoms with E-state index in [1.165, 1.54) is 0 Å². The molecule has 2 aromatic carbocycles. The molecule has 0 unspecified atom stereocenters. The van der Waals surface area contributed by atoms with E-state index in [-0.39, 0.29) is 5.91 Å². The first-order chi connectivity index (χ1) is 14.7. The van der Waals surface area contributed by atoms with Gasteiger partial charge in [0.2, 0.25) is 0 Å². The van der Waals surface area contributed by atoms with Crippen LogP contribution in [0.5, 0.6) is 11.5 Å². The monoisotopic (exact) mass is 527 g/mol. The molecule has 0 radical (unpaired) electrons. The fourth-order valence-electron chi connectivity index (χ4n) is 2.58. The molecule has 0 atom stereocenters. The van der Waals surface area contributed by atoms with E-state index in [0.717, 1.165) is 48.3 Å². The molecule has 0 spiro atoms. The van der Waals surface area contributed by atoms with Gasteiger partial charge in [0.05, 0.1) is 6.61 Å². The summed E-state index contributed by atoms with van der Waals surface area (Å²) >= 11 is 1.86. The normalized spacial score (nSPS) is 9.43. The van der Waals surface area contributed by atoms with E-state index < -0.39 is 0 Å². The zero-order valence-electron chi connectivity index (χ0n) is 19.4. The standard InChI is InChI=1S/C21H26INO3.2C2H6/c1-3-5-14-25-20-15-18(9-8-17(20)4-2)21(24)23-13-12-16-6-10-19(26-22)11-7-16;2*1-2/h6-11,15H,3-5,12-14H2,1-2H3,(H,23,24);2*1-2H3. The molecule has 4 nitrogen and oxygen atoms in total. The number of rotatable bonds is 10. The first-order valence-corrected chi connectivity index (χ1v) is 12.0. The van der Waals surface area contributed by atoms with Crippen LogP contribution >= 0.6 is 23.0 Å². The number of unbranched alkanes of at least 4 members (excludes halogenated alkanes) is 1. The van der Waals surface area contributed by atoms with Crippen LogP contribution in [0.2, 0.25) is 0 Å². The van der Waals surface area contributed by atoms with Crippen LogP contribution in [0.3, 0.4) is 0 Å². The van der Waals surface area contributed by atoms with Gasteiger partial charge in [-0.05, 0) is 54.7 Å². The minimum absolute atomic E-state index is 0.0692.